The fourth-order valence-corrected chi connectivity index (χ4v) is 2.60. The fraction of sp³-hybridized carbons (Fsp3) is 0.176. The van der Waals surface area contributed by atoms with Crippen LogP contribution in [0.5, 0.6) is 5.75 Å². The minimum Gasteiger partial charge on any atom is -0.495 e. The van der Waals surface area contributed by atoms with Crippen LogP contribution in [0.25, 0.3) is 10.9 Å². The SMILES string of the molecule is COc1ccc(NC(=O)CCn2nnc3ccccc3c2=O)cc1Cl. The van der Waals surface area contributed by atoms with E-state index in [9.17, 15) is 9.59 Å². The van der Waals surface area contributed by atoms with Gasteiger partial charge in [0.2, 0.25) is 5.91 Å². The van der Waals surface area contributed by atoms with Crippen LogP contribution in [0.1, 0.15) is 6.42 Å². The predicted octanol–water partition coefficient (Wildman–Crippen LogP) is 2.48. The van der Waals surface area contributed by atoms with Crippen molar-refractivity contribution in [2.75, 3.05) is 12.4 Å². The zero-order valence-electron chi connectivity index (χ0n) is 13.4. The van der Waals surface area contributed by atoms with Gasteiger partial charge < -0.3 is 10.1 Å². The first-order valence-corrected chi connectivity index (χ1v) is 7.92. The Hall–Kier alpha value is -2.93. The number of fused-ring (bicyclic) bond motifs is 1. The summed E-state index contributed by atoms with van der Waals surface area (Å²) in [5.41, 5.74) is 0.805. The normalized spacial score (nSPS) is 10.6. The number of nitrogens with one attached hydrogen (secondary N) is 1. The van der Waals surface area contributed by atoms with E-state index in [1.807, 2.05) is 0 Å². The first-order chi connectivity index (χ1) is 12.1. The van der Waals surface area contributed by atoms with Gasteiger partial charge in [0, 0.05) is 12.1 Å². The van der Waals surface area contributed by atoms with Gasteiger partial charge in [-0.1, -0.05) is 28.9 Å². The molecule has 0 spiro atoms. The number of aryl methyl sites for hydroxylation is 1. The smallest absolute Gasteiger partial charge is 0.277 e. The summed E-state index contributed by atoms with van der Waals surface area (Å²) >= 11 is 6.02. The molecule has 25 heavy (non-hydrogen) atoms. The van der Waals surface area contributed by atoms with Crippen molar-refractivity contribution in [3.63, 3.8) is 0 Å². The van der Waals surface area contributed by atoms with Gasteiger partial charge in [-0.05, 0) is 30.3 Å². The van der Waals surface area contributed by atoms with E-state index in [1.54, 1.807) is 42.5 Å². The Balaban J connectivity index is 1.67. The number of nitrogens with zero attached hydrogens (tertiary/aromatic N) is 3. The molecule has 0 saturated heterocycles. The molecule has 1 amide bonds. The minimum atomic E-state index is -0.272. The van der Waals surface area contributed by atoms with E-state index in [-0.39, 0.29) is 24.4 Å². The second-order valence-electron chi connectivity index (χ2n) is 5.28. The molecule has 1 aromatic heterocycles. The Morgan fingerprint density at radius 1 is 1.28 bits per heavy atom. The van der Waals surface area contributed by atoms with Gasteiger partial charge in [0.05, 0.1) is 24.1 Å². The molecule has 0 atom stereocenters. The summed E-state index contributed by atoms with van der Waals surface area (Å²) in [5.74, 6) is 0.265. The van der Waals surface area contributed by atoms with Gasteiger partial charge in [0.15, 0.2) is 0 Å². The maximum Gasteiger partial charge on any atom is 0.277 e. The van der Waals surface area contributed by atoms with E-state index in [2.05, 4.69) is 15.6 Å². The van der Waals surface area contributed by atoms with E-state index in [0.29, 0.717) is 27.4 Å². The van der Waals surface area contributed by atoms with Crippen molar-refractivity contribution in [3.05, 3.63) is 57.8 Å². The van der Waals surface area contributed by atoms with E-state index in [4.69, 9.17) is 16.3 Å². The number of hydrogen-bond donors (Lipinski definition) is 1. The molecule has 0 aliphatic rings. The summed E-state index contributed by atoms with van der Waals surface area (Å²) in [7, 11) is 1.52. The lowest BCUT2D eigenvalue weighted by atomic mass is 10.2. The number of rotatable bonds is 5. The maximum absolute atomic E-state index is 12.3. The summed E-state index contributed by atoms with van der Waals surface area (Å²) in [6.07, 6.45) is 0.0799. The van der Waals surface area contributed by atoms with Gasteiger partial charge in [-0.3, -0.25) is 9.59 Å². The number of carbonyl (C=O) groups excluding carboxylic acids is 1. The van der Waals surface area contributed by atoms with Crippen LogP contribution >= 0.6 is 11.6 Å². The molecule has 0 saturated carbocycles. The molecule has 0 unspecified atom stereocenters. The lowest BCUT2D eigenvalue weighted by Gasteiger charge is -2.08. The Kier molecular flexibility index (Phi) is 4.95. The summed E-state index contributed by atoms with van der Waals surface area (Å²) in [6.45, 7) is 0.131. The Morgan fingerprint density at radius 2 is 2.08 bits per heavy atom. The highest BCUT2D eigenvalue weighted by Crippen LogP contribution is 2.27. The third kappa shape index (κ3) is 3.77. The number of hydrogen-bond acceptors (Lipinski definition) is 5. The molecule has 0 aliphatic heterocycles. The average molecular weight is 359 g/mol. The largest absolute Gasteiger partial charge is 0.495 e. The highest BCUT2D eigenvalue weighted by molar-refractivity contribution is 6.32. The van der Waals surface area contributed by atoms with E-state index < -0.39 is 0 Å². The third-order valence-electron chi connectivity index (χ3n) is 3.62. The molecule has 8 heteroatoms. The number of halogens is 1. The molecule has 3 rings (SSSR count). The molecule has 0 bridgehead atoms. The van der Waals surface area contributed by atoms with Gasteiger partial charge in [0.25, 0.3) is 5.56 Å². The minimum absolute atomic E-state index is 0.0799. The number of amides is 1. The maximum atomic E-state index is 12.3. The number of benzene rings is 2. The number of anilines is 1. The van der Waals surface area contributed by atoms with Crippen molar-refractivity contribution in [3.8, 4) is 5.75 Å². The number of carbonyl (C=O) groups is 1. The number of ether oxygens (including phenoxy) is 1. The van der Waals surface area contributed by atoms with Crippen molar-refractivity contribution in [2.24, 2.45) is 0 Å². The van der Waals surface area contributed by atoms with Crippen LogP contribution in [-0.2, 0) is 11.3 Å². The summed E-state index contributed by atoms with van der Waals surface area (Å²) < 4.78 is 6.24. The molecule has 128 valence electrons. The fourth-order valence-electron chi connectivity index (χ4n) is 2.34. The lowest BCUT2D eigenvalue weighted by molar-refractivity contribution is -0.116. The highest BCUT2D eigenvalue weighted by Gasteiger charge is 2.09. The predicted molar refractivity (Wildman–Crippen MR) is 95.0 cm³/mol. The molecule has 1 heterocycles. The van der Waals surface area contributed by atoms with Gasteiger partial charge in [-0.2, -0.15) is 0 Å². The molecule has 7 nitrogen and oxygen atoms in total. The van der Waals surface area contributed by atoms with E-state index in [0.717, 1.165) is 0 Å². The van der Waals surface area contributed by atoms with Crippen molar-refractivity contribution in [2.45, 2.75) is 13.0 Å². The van der Waals surface area contributed by atoms with Crippen LogP contribution in [-0.4, -0.2) is 28.0 Å². The molecular weight excluding hydrogens is 344 g/mol. The molecule has 2 aromatic carbocycles. The van der Waals surface area contributed by atoms with Crippen LogP contribution < -0.4 is 15.6 Å². The average Bonchev–Trinajstić information content (AvgIpc) is 2.61. The Bertz CT molecular complexity index is 987. The molecule has 1 N–H and O–H groups in total. The van der Waals surface area contributed by atoms with Crippen LogP contribution in [0, 0.1) is 0 Å². The van der Waals surface area contributed by atoms with Crippen molar-refractivity contribution in [1.82, 2.24) is 15.0 Å². The zero-order valence-corrected chi connectivity index (χ0v) is 14.2. The summed E-state index contributed by atoms with van der Waals surface area (Å²) in [5, 5.41) is 11.4. The van der Waals surface area contributed by atoms with Crippen molar-refractivity contribution < 1.29 is 9.53 Å². The summed E-state index contributed by atoms with van der Waals surface area (Å²) in [4.78, 5) is 24.4. The summed E-state index contributed by atoms with van der Waals surface area (Å²) in [6, 6.07) is 11.9. The van der Waals surface area contributed by atoms with Gasteiger partial charge in [-0.25, -0.2) is 4.68 Å². The van der Waals surface area contributed by atoms with Gasteiger partial charge >= 0.3 is 0 Å². The monoisotopic (exact) mass is 358 g/mol. The third-order valence-corrected chi connectivity index (χ3v) is 3.91. The highest BCUT2D eigenvalue weighted by atomic mass is 35.5. The zero-order chi connectivity index (χ0) is 17.8. The van der Waals surface area contributed by atoms with Crippen LogP contribution in [0.2, 0.25) is 5.02 Å². The van der Waals surface area contributed by atoms with Crippen molar-refractivity contribution in [1.29, 1.82) is 0 Å². The van der Waals surface area contributed by atoms with Crippen LogP contribution in [0.4, 0.5) is 5.69 Å². The first kappa shape index (κ1) is 16.9. The Labute approximate surface area is 148 Å². The van der Waals surface area contributed by atoms with Crippen molar-refractivity contribution >= 4 is 34.1 Å². The van der Waals surface area contributed by atoms with Gasteiger partial charge in [0.1, 0.15) is 11.3 Å². The molecular formula is C17H15ClN4O3. The second kappa shape index (κ2) is 7.31. The molecule has 0 aliphatic carbocycles. The number of aromatic nitrogens is 3. The molecule has 3 aromatic rings. The standard InChI is InChI=1S/C17H15ClN4O3/c1-25-15-7-6-11(10-13(15)18)19-16(23)8-9-22-17(24)12-4-2-3-5-14(12)20-21-22/h2-7,10H,8-9H2,1H3,(H,19,23). The lowest BCUT2D eigenvalue weighted by Crippen LogP contribution is -2.26. The second-order valence-corrected chi connectivity index (χ2v) is 5.69. The molecule has 0 fully saturated rings. The van der Waals surface area contributed by atoms with Crippen LogP contribution in [0.3, 0.4) is 0 Å². The van der Waals surface area contributed by atoms with Gasteiger partial charge in [-0.15, -0.1) is 5.10 Å². The Morgan fingerprint density at radius 3 is 2.84 bits per heavy atom. The molecule has 0 radical (unpaired) electrons. The topological polar surface area (TPSA) is 86.1 Å². The number of methoxy groups -OCH3 is 1. The first-order valence-electron chi connectivity index (χ1n) is 7.54. The quantitative estimate of drug-likeness (QED) is 0.757. The van der Waals surface area contributed by atoms with E-state index >= 15 is 0 Å². The van der Waals surface area contributed by atoms with E-state index in [1.165, 1.54) is 11.8 Å². The van der Waals surface area contributed by atoms with Crippen LogP contribution in [0.15, 0.2) is 47.3 Å².